The van der Waals surface area contributed by atoms with Gasteiger partial charge in [0.1, 0.15) is 0 Å². The molecule has 0 aliphatic heterocycles. The van der Waals surface area contributed by atoms with Gasteiger partial charge in [0.25, 0.3) is 0 Å². The van der Waals surface area contributed by atoms with Crippen LogP contribution >= 0.6 is 15.9 Å². The van der Waals surface area contributed by atoms with Crippen LogP contribution in [0.4, 0.5) is 0 Å². The first kappa shape index (κ1) is 17.2. The van der Waals surface area contributed by atoms with Gasteiger partial charge in [0.05, 0.1) is 6.04 Å². The van der Waals surface area contributed by atoms with Crippen LogP contribution in [0.5, 0.6) is 0 Å². The van der Waals surface area contributed by atoms with E-state index in [1.165, 1.54) is 12.0 Å². The van der Waals surface area contributed by atoms with Crippen molar-refractivity contribution in [1.29, 1.82) is 0 Å². The van der Waals surface area contributed by atoms with E-state index in [-0.39, 0.29) is 18.0 Å². The van der Waals surface area contributed by atoms with Crippen LogP contribution in [0, 0.1) is 0 Å². The number of hydrogen-bond acceptors (Lipinski definition) is 2. The van der Waals surface area contributed by atoms with Crippen molar-refractivity contribution in [2.45, 2.75) is 52.1 Å². The maximum Gasteiger partial charge on any atom is 0.236 e. The number of hydrogen-bond donors (Lipinski definition) is 2. The molecule has 0 heterocycles. The van der Waals surface area contributed by atoms with Gasteiger partial charge in [-0.1, -0.05) is 47.8 Å². The summed E-state index contributed by atoms with van der Waals surface area (Å²) < 4.78 is 1.06. The molecular weight excluding hydrogens is 316 g/mol. The Balaban J connectivity index is 2.40. The second-order valence-electron chi connectivity index (χ2n) is 5.16. The average Bonchev–Trinajstić information content (AvgIpc) is 2.43. The number of carbonyl (C=O) groups is 1. The molecule has 0 fully saturated rings. The second-order valence-corrected chi connectivity index (χ2v) is 6.08. The summed E-state index contributed by atoms with van der Waals surface area (Å²) >= 11 is 3.47. The monoisotopic (exact) mass is 340 g/mol. The van der Waals surface area contributed by atoms with Crippen molar-refractivity contribution in [2.75, 3.05) is 6.54 Å². The number of rotatable bonds is 8. The summed E-state index contributed by atoms with van der Waals surface area (Å²) in [5.74, 6) is 0.0722. The van der Waals surface area contributed by atoms with Gasteiger partial charge in [-0.15, -0.1) is 0 Å². The van der Waals surface area contributed by atoms with Gasteiger partial charge >= 0.3 is 0 Å². The fourth-order valence-corrected chi connectivity index (χ4v) is 2.48. The zero-order valence-corrected chi connectivity index (χ0v) is 14.2. The standard InChI is InChI=1S/C16H25BrN2O/c1-4-5-6-10-18-16(20)13(3)19-12(2)14-8-7-9-15(17)11-14/h7-9,11-13,19H,4-6,10H2,1-3H3,(H,18,20)/t12-,13?/m1/s1. The molecule has 0 aliphatic carbocycles. The molecule has 0 aromatic heterocycles. The van der Waals surface area contributed by atoms with E-state index in [1.54, 1.807) is 0 Å². The highest BCUT2D eigenvalue weighted by Gasteiger charge is 2.15. The van der Waals surface area contributed by atoms with Crippen LogP contribution < -0.4 is 10.6 Å². The van der Waals surface area contributed by atoms with Crippen LogP contribution in [-0.2, 0) is 4.79 Å². The van der Waals surface area contributed by atoms with E-state index in [9.17, 15) is 4.79 Å². The Hall–Kier alpha value is -0.870. The van der Waals surface area contributed by atoms with E-state index >= 15 is 0 Å². The lowest BCUT2D eigenvalue weighted by molar-refractivity contribution is -0.122. The number of halogens is 1. The van der Waals surface area contributed by atoms with E-state index in [4.69, 9.17) is 0 Å². The molecule has 1 unspecified atom stereocenters. The molecule has 4 heteroatoms. The van der Waals surface area contributed by atoms with Gasteiger partial charge in [0, 0.05) is 17.1 Å². The highest BCUT2D eigenvalue weighted by Crippen LogP contribution is 2.18. The molecule has 0 bridgehead atoms. The molecule has 1 aromatic rings. The summed E-state index contributed by atoms with van der Waals surface area (Å²) in [6.07, 6.45) is 3.39. The number of benzene rings is 1. The number of nitrogens with one attached hydrogen (secondary N) is 2. The second kappa shape index (κ2) is 9.14. The first-order chi connectivity index (χ1) is 9.54. The summed E-state index contributed by atoms with van der Waals surface area (Å²) in [4.78, 5) is 12.0. The van der Waals surface area contributed by atoms with E-state index < -0.39 is 0 Å². The summed E-state index contributed by atoms with van der Waals surface area (Å²) in [6.45, 7) is 6.90. The molecule has 1 rings (SSSR count). The van der Waals surface area contributed by atoms with Crippen LogP contribution in [0.15, 0.2) is 28.7 Å². The van der Waals surface area contributed by atoms with Crippen molar-refractivity contribution < 1.29 is 4.79 Å². The first-order valence-electron chi connectivity index (χ1n) is 7.33. The highest BCUT2D eigenvalue weighted by atomic mass is 79.9. The van der Waals surface area contributed by atoms with Gasteiger partial charge in [-0.2, -0.15) is 0 Å². The first-order valence-corrected chi connectivity index (χ1v) is 8.13. The molecule has 20 heavy (non-hydrogen) atoms. The van der Waals surface area contributed by atoms with Crippen molar-refractivity contribution in [3.63, 3.8) is 0 Å². The quantitative estimate of drug-likeness (QED) is 0.706. The Bertz CT molecular complexity index is 423. The third kappa shape index (κ3) is 6.06. The molecule has 1 amide bonds. The van der Waals surface area contributed by atoms with Gasteiger partial charge in [-0.25, -0.2) is 0 Å². The van der Waals surface area contributed by atoms with Crippen molar-refractivity contribution in [3.8, 4) is 0 Å². The van der Waals surface area contributed by atoms with Crippen LogP contribution in [-0.4, -0.2) is 18.5 Å². The average molecular weight is 341 g/mol. The lowest BCUT2D eigenvalue weighted by Crippen LogP contribution is -2.43. The zero-order chi connectivity index (χ0) is 15.0. The molecular formula is C16H25BrN2O. The maximum atomic E-state index is 12.0. The van der Waals surface area contributed by atoms with E-state index in [0.717, 1.165) is 23.9 Å². The smallest absolute Gasteiger partial charge is 0.236 e. The maximum absolute atomic E-state index is 12.0. The molecule has 0 saturated heterocycles. The van der Waals surface area contributed by atoms with Crippen LogP contribution in [0.25, 0.3) is 0 Å². The van der Waals surface area contributed by atoms with E-state index in [1.807, 2.05) is 19.1 Å². The Morgan fingerprint density at radius 2 is 2.05 bits per heavy atom. The van der Waals surface area contributed by atoms with Gasteiger partial charge in [0.2, 0.25) is 5.91 Å². The van der Waals surface area contributed by atoms with Crippen LogP contribution in [0.2, 0.25) is 0 Å². The third-order valence-electron chi connectivity index (χ3n) is 3.32. The van der Waals surface area contributed by atoms with Crippen molar-refractivity contribution >= 4 is 21.8 Å². The normalized spacial score (nSPS) is 13.8. The highest BCUT2D eigenvalue weighted by molar-refractivity contribution is 9.10. The van der Waals surface area contributed by atoms with Gasteiger partial charge in [-0.3, -0.25) is 10.1 Å². The molecule has 0 radical (unpaired) electrons. The molecule has 2 atom stereocenters. The Morgan fingerprint density at radius 3 is 2.70 bits per heavy atom. The minimum atomic E-state index is -0.189. The van der Waals surface area contributed by atoms with Gasteiger partial charge in [0.15, 0.2) is 0 Å². The largest absolute Gasteiger partial charge is 0.355 e. The minimum absolute atomic E-state index is 0.0722. The van der Waals surface area contributed by atoms with Gasteiger partial charge in [-0.05, 0) is 38.0 Å². The third-order valence-corrected chi connectivity index (χ3v) is 3.81. The predicted octanol–water partition coefficient (Wildman–Crippen LogP) is 3.79. The molecule has 112 valence electrons. The van der Waals surface area contributed by atoms with Crippen LogP contribution in [0.3, 0.4) is 0 Å². The molecule has 2 N–H and O–H groups in total. The number of unbranched alkanes of at least 4 members (excludes halogenated alkanes) is 2. The number of carbonyl (C=O) groups excluding carboxylic acids is 1. The zero-order valence-electron chi connectivity index (χ0n) is 12.6. The SMILES string of the molecule is CCCCCNC(=O)C(C)N[C@H](C)c1cccc(Br)c1. The predicted molar refractivity (Wildman–Crippen MR) is 87.7 cm³/mol. The summed E-state index contributed by atoms with van der Waals surface area (Å²) in [6, 6.07) is 8.10. The Morgan fingerprint density at radius 1 is 1.30 bits per heavy atom. The lowest BCUT2D eigenvalue weighted by Gasteiger charge is -2.20. The molecule has 0 aliphatic rings. The summed E-state index contributed by atoms with van der Waals surface area (Å²) in [5, 5.41) is 6.31. The fourth-order valence-electron chi connectivity index (χ4n) is 2.06. The molecule has 0 saturated carbocycles. The molecule has 1 aromatic carbocycles. The van der Waals surface area contributed by atoms with Crippen molar-refractivity contribution in [3.05, 3.63) is 34.3 Å². The van der Waals surface area contributed by atoms with Crippen molar-refractivity contribution in [1.82, 2.24) is 10.6 Å². The van der Waals surface area contributed by atoms with E-state index in [0.29, 0.717) is 0 Å². The summed E-state index contributed by atoms with van der Waals surface area (Å²) in [5.41, 5.74) is 1.17. The van der Waals surface area contributed by atoms with Crippen LogP contribution in [0.1, 0.15) is 51.6 Å². The molecule has 0 spiro atoms. The minimum Gasteiger partial charge on any atom is -0.355 e. The Labute approximate surface area is 130 Å². The fraction of sp³-hybridized carbons (Fsp3) is 0.562. The Kier molecular flexibility index (Phi) is 7.85. The van der Waals surface area contributed by atoms with Gasteiger partial charge < -0.3 is 5.32 Å². The van der Waals surface area contributed by atoms with Crippen molar-refractivity contribution in [2.24, 2.45) is 0 Å². The topological polar surface area (TPSA) is 41.1 Å². The van der Waals surface area contributed by atoms with E-state index in [2.05, 4.69) is 52.5 Å². The molecule has 3 nitrogen and oxygen atoms in total. The number of amides is 1. The summed E-state index contributed by atoms with van der Waals surface area (Å²) in [7, 11) is 0. The lowest BCUT2D eigenvalue weighted by atomic mass is 10.1.